The highest BCUT2D eigenvalue weighted by molar-refractivity contribution is 7.80. The van der Waals surface area contributed by atoms with Crippen LogP contribution in [0.3, 0.4) is 0 Å². The summed E-state index contributed by atoms with van der Waals surface area (Å²) in [7, 11) is 0. The highest BCUT2D eigenvalue weighted by Gasteiger charge is 2.22. The van der Waals surface area contributed by atoms with Crippen molar-refractivity contribution in [2.24, 2.45) is 5.92 Å². The Hall–Kier alpha value is -3.22. The van der Waals surface area contributed by atoms with Gasteiger partial charge in [-0.1, -0.05) is 74.5 Å². The number of amides is 1. The molecule has 1 atom stereocenters. The average molecular weight is 529 g/mol. The summed E-state index contributed by atoms with van der Waals surface area (Å²) in [5.74, 6) is 0.562. The summed E-state index contributed by atoms with van der Waals surface area (Å²) in [6.45, 7) is 9.07. The molecule has 0 spiro atoms. The topological polar surface area (TPSA) is 56.4 Å². The Morgan fingerprint density at radius 1 is 0.947 bits per heavy atom. The van der Waals surface area contributed by atoms with Gasteiger partial charge in [-0.15, -0.1) is 0 Å². The summed E-state index contributed by atoms with van der Waals surface area (Å²) in [6, 6.07) is 27.3. The first-order valence-corrected chi connectivity index (χ1v) is 14.1. The lowest BCUT2D eigenvalue weighted by Gasteiger charge is -2.33. The van der Waals surface area contributed by atoms with E-state index in [0.717, 1.165) is 50.3 Å². The quantitative estimate of drug-likeness (QED) is 0.264. The van der Waals surface area contributed by atoms with Crippen LogP contribution in [0, 0.1) is 12.8 Å². The van der Waals surface area contributed by atoms with Crippen LogP contribution in [0.4, 0.5) is 11.4 Å². The number of carbonyl (C=O) groups excluding carboxylic acids is 1. The SMILES string of the molecule is Cc1ccccc1NC(=S)NC(CCN1CCC(c2cccc(NC(=O)C(C)C)c2)CC1)c1ccccc1. The van der Waals surface area contributed by atoms with Crippen LogP contribution in [0.15, 0.2) is 78.9 Å². The minimum atomic E-state index is -0.0244. The summed E-state index contributed by atoms with van der Waals surface area (Å²) in [5, 5.41) is 10.6. The molecule has 1 amide bonds. The van der Waals surface area contributed by atoms with Gasteiger partial charge in [-0.3, -0.25) is 4.79 Å². The minimum absolute atomic E-state index is 0.0244. The minimum Gasteiger partial charge on any atom is -0.356 e. The maximum atomic E-state index is 12.1. The van der Waals surface area contributed by atoms with Gasteiger partial charge in [0.15, 0.2) is 5.11 Å². The molecular weight excluding hydrogens is 488 g/mol. The van der Waals surface area contributed by atoms with Gasteiger partial charge >= 0.3 is 0 Å². The van der Waals surface area contributed by atoms with Gasteiger partial charge in [0.25, 0.3) is 0 Å². The zero-order valence-electron chi connectivity index (χ0n) is 22.7. The third-order valence-electron chi connectivity index (χ3n) is 7.37. The van der Waals surface area contributed by atoms with E-state index in [1.165, 1.54) is 16.7 Å². The molecule has 1 heterocycles. The second-order valence-electron chi connectivity index (χ2n) is 10.6. The van der Waals surface area contributed by atoms with Crippen LogP contribution in [0.2, 0.25) is 0 Å². The number of piperidine rings is 1. The van der Waals surface area contributed by atoms with Crippen LogP contribution >= 0.6 is 12.2 Å². The Bertz CT molecular complexity index is 1200. The molecule has 6 heteroatoms. The second kappa shape index (κ2) is 13.5. The van der Waals surface area contributed by atoms with E-state index in [4.69, 9.17) is 12.2 Å². The number of hydrogen-bond donors (Lipinski definition) is 3. The Balaban J connectivity index is 1.32. The third kappa shape index (κ3) is 7.89. The summed E-state index contributed by atoms with van der Waals surface area (Å²) in [6.07, 6.45) is 3.22. The molecule has 1 fully saturated rings. The van der Waals surface area contributed by atoms with E-state index in [2.05, 4.69) is 88.4 Å². The molecule has 0 aliphatic carbocycles. The number of thiocarbonyl (C=S) groups is 1. The fraction of sp³-hybridized carbons (Fsp3) is 0.375. The smallest absolute Gasteiger partial charge is 0.226 e. The second-order valence-corrected chi connectivity index (χ2v) is 11.0. The highest BCUT2D eigenvalue weighted by atomic mass is 32.1. The molecule has 1 saturated heterocycles. The van der Waals surface area contributed by atoms with E-state index in [-0.39, 0.29) is 17.9 Å². The normalized spacial score (nSPS) is 15.2. The van der Waals surface area contributed by atoms with Crippen molar-refractivity contribution in [3.63, 3.8) is 0 Å². The van der Waals surface area contributed by atoms with Crippen molar-refractivity contribution in [3.8, 4) is 0 Å². The Morgan fingerprint density at radius 3 is 2.37 bits per heavy atom. The lowest BCUT2D eigenvalue weighted by Crippen LogP contribution is -2.37. The molecule has 3 N–H and O–H groups in total. The Labute approximate surface area is 233 Å². The molecule has 1 aliphatic rings. The lowest BCUT2D eigenvalue weighted by molar-refractivity contribution is -0.118. The van der Waals surface area contributed by atoms with E-state index >= 15 is 0 Å². The zero-order chi connectivity index (χ0) is 26.9. The van der Waals surface area contributed by atoms with E-state index < -0.39 is 0 Å². The average Bonchev–Trinajstić information content (AvgIpc) is 2.93. The summed E-state index contributed by atoms with van der Waals surface area (Å²) >= 11 is 5.70. The molecule has 1 unspecified atom stereocenters. The molecule has 3 aromatic carbocycles. The largest absolute Gasteiger partial charge is 0.356 e. The third-order valence-corrected chi connectivity index (χ3v) is 7.59. The molecule has 3 aromatic rings. The van der Waals surface area contributed by atoms with Gasteiger partial charge in [0.05, 0.1) is 6.04 Å². The molecule has 5 nitrogen and oxygen atoms in total. The summed E-state index contributed by atoms with van der Waals surface area (Å²) in [4.78, 5) is 14.7. The number of likely N-dealkylation sites (tertiary alicyclic amines) is 1. The first-order valence-electron chi connectivity index (χ1n) is 13.7. The van der Waals surface area contributed by atoms with Gasteiger partial charge in [0, 0.05) is 23.8 Å². The van der Waals surface area contributed by atoms with E-state index in [0.29, 0.717) is 11.0 Å². The predicted octanol–water partition coefficient (Wildman–Crippen LogP) is 6.89. The Morgan fingerprint density at radius 2 is 1.66 bits per heavy atom. The monoisotopic (exact) mass is 528 g/mol. The van der Waals surface area contributed by atoms with E-state index in [9.17, 15) is 4.79 Å². The number of rotatable bonds is 9. The van der Waals surface area contributed by atoms with Gasteiger partial charge in [-0.05, 0) is 92.3 Å². The van der Waals surface area contributed by atoms with Gasteiger partial charge in [-0.2, -0.15) is 0 Å². The van der Waals surface area contributed by atoms with E-state index in [1.807, 2.05) is 32.0 Å². The van der Waals surface area contributed by atoms with Crippen molar-refractivity contribution in [1.29, 1.82) is 0 Å². The maximum Gasteiger partial charge on any atom is 0.226 e. The molecule has 200 valence electrons. The van der Waals surface area contributed by atoms with Gasteiger partial charge in [-0.25, -0.2) is 0 Å². The van der Waals surface area contributed by atoms with Crippen LogP contribution in [0.25, 0.3) is 0 Å². The zero-order valence-corrected chi connectivity index (χ0v) is 23.6. The molecule has 0 saturated carbocycles. The summed E-state index contributed by atoms with van der Waals surface area (Å²) in [5.41, 5.74) is 5.67. The number of nitrogens with zero attached hydrogens (tertiary/aromatic N) is 1. The number of para-hydroxylation sites is 1. The molecule has 0 bridgehead atoms. The molecule has 38 heavy (non-hydrogen) atoms. The highest BCUT2D eigenvalue weighted by Crippen LogP contribution is 2.30. The molecule has 0 aromatic heterocycles. The standard InChI is InChI=1S/C32H40N4OS/c1-23(2)31(37)33-28-14-9-13-27(22-28)25-16-19-36(20-17-25)21-18-30(26-11-5-4-6-12-26)35-32(38)34-29-15-8-7-10-24(29)3/h4-15,22-23,25,30H,16-21H2,1-3H3,(H,33,37)(H2,34,35,38). The van der Waals surface area contributed by atoms with Crippen LogP contribution in [-0.2, 0) is 4.79 Å². The van der Waals surface area contributed by atoms with Gasteiger partial charge in [0.2, 0.25) is 5.91 Å². The predicted molar refractivity (Wildman–Crippen MR) is 163 cm³/mol. The number of anilines is 2. The van der Waals surface area contributed by atoms with Crippen LogP contribution in [0.5, 0.6) is 0 Å². The van der Waals surface area contributed by atoms with Gasteiger partial charge in [0.1, 0.15) is 0 Å². The number of carbonyl (C=O) groups is 1. The van der Waals surface area contributed by atoms with Gasteiger partial charge < -0.3 is 20.9 Å². The number of hydrogen-bond acceptors (Lipinski definition) is 3. The van der Waals surface area contributed by atoms with Crippen molar-refractivity contribution in [3.05, 3.63) is 95.6 Å². The molecule has 1 aliphatic heterocycles. The van der Waals surface area contributed by atoms with Crippen molar-refractivity contribution in [2.45, 2.75) is 52.0 Å². The fourth-order valence-corrected chi connectivity index (χ4v) is 5.25. The number of nitrogens with one attached hydrogen (secondary N) is 3. The molecule has 0 radical (unpaired) electrons. The van der Waals surface area contributed by atoms with Crippen LogP contribution < -0.4 is 16.0 Å². The first kappa shape index (κ1) is 27.8. The number of benzene rings is 3. The summed E-state index contributed by atoms with van der Waals surface area (Å²) < 4.78 is 0. The van der Waals surface area contributed by atoms with Crippen molar-refractivity contribution < 1.29 is 4.79 Å². The first-order chi connectivity index (χ1) is 18.4. The van der Waals surface area contributed by atoms with Crippen molar-refractivity contribution in [2.75, 3.05) is 30.3 Å². The van der Waals surface area contributed by atoms with E-state index in [1.54, 1.807) is 0 Å². The molecular formula is C32H40N4OS. The number of aryl methyl sites for hydroxylation is 1. The fourth-order valence-electron chi connectivity index (χ4n) is 5.00. The molecule has 4 rings (SSSR count). The lowest BCUT2D eigenvalue weighted by atomic mass is 9.89. The van der Waals surface area contributed by atoms with Crippen LogP contribution in [-0.4, -0.2) is 35.6 Å². The van der Waals surface area contributed by atoms with Crippen LogP contribution in [0.1, 0.15) is 61.8 Å². The Kier molecular flexibility index (Phi) is 9.91. The van der Waals surface area contributed by atoms with Crippen molar-refractivity contribution in [1.82, 2.24) is 10.2 Å². The maximum absolute atomic E-state index is 12.1. The van der Waals surface area contributed by atoms with Crippen molar-refractivity contribution >= 4 is 34.6 Å².